The van der Waals surface area contributed by atoms with E-state index in [1.165, 1.54) is 0 Å². The number of halogens is 1. The maximum absolute atomic E-state index is 12.9. The number of piperidine rings is 1. The summed E-state index contributed by atoms with van der Waals surface area (Å²) < 4.78 is 11.2. The first-order valence-electron chi connectivity index (χ1n) is 8.56. The smallest absolute Gasteiger partial charge is 0.233 e. The van der Waals surface area contributed by atoms with Gasteiger partial charge in [-0.05, 0) is 50.2 Å². The average molecular weight is 377 g/mol. The van der Waals surface area contributed by atoms with E-state index in [0.29, 0.717) is 12.4 Å². The van der Waals surface area contributed by atoms with Crippen molar-refractivity contribution in [3.05, 3.63) is 54.6 Å². The minimum Gasteiger partial charge on any atom is -0.457 e. The number of benzene rings is 2. The molecule has 0 aromatic heterocycles. The Labute approximate surface area is 160 Å². The maximum Gasteiger partial charge on any atom is 0.233 e. The van der Waals surface area contributed by atoms with Gasteiger partial charge in [0, 0.05) is 18.9 Å². The van der Waals surface area contributed by atoms with Crippen LogP contribution in [0.3, 0.4) is 0 Å². The van der Waals surface area contributed by atoms with Crippen molar-refractivity contribution in [3.63, 3.8) is 0 Å². The van der Waals surface area contributed by atoms with E-state index in [9.17, 15) is 4.79 Å². The lowest BCUT2D eigenvalue weighted by molar-refractivity contribution is -0.130. The van der Waals surface area contributed by atoms with Crippen LogP contribution in [0.1, 0.15) is 12.8 Å². The predicted octanol–water partition coefficient (Wildman–Crippen LogP) is 3.86. The number of anilines is 1. The molecule has 2 N–H and O–H groups in total. The minimum atomic E-state index is -0.476. The summed E-state index contributed by atoms with van der Waals surface area (Å²) in [6.07, 6.45) is 1.54. The monoisotopic (exact) mass is 376 g/mol. The molecule has 0 saturated carbocycles. The SMILES string of the molecule is COCC1(C(=O)Nc2cccc(Oc3ccccc3)c2)CCNCC1.Cl. The number of para-hydroxylation sites is 1. The first-order chi connectivity index (χ1) is 12.2. The van der Waals surface area contributed by atoms with E-state index in [4.69, 9.17) is 9.47 Å². The van der Waals surface area contributed by atoms with Crippen molar-refractivity contribution in [1.29, 1.82) is 0 Å². The summed E-state index contributed by atoms with van der Waals surface area (Å²) in [4.78, 5) is 12.9. The molecule has 140 valence electrons. The Balaban J connectivity index is 0.00000243. The third-order valence-electron chi connectivity index (χ3n) is 4.53. The zero-order valence-electron chi connectivity index (χ0n) is 14.9. The Morgan fingerprint density at radius 3 is 2.46 bits per heavy atom. The van der Waals surface area contributed by atoms with Crippen LogP contribution in [0, 0.1) is 5.41 Å². The van der Waals surface area contributed by atoms with E-state index in [1.807, 2.05) is 54.6 Å². The zero-order chi connectivity index (χ0) is 17.5. The quantitative estimate of drug-likeness (QED) is 0.803. The Morgan fingerprint density at radius 1 is 1.08 bits per heavy atom. The van der Waals surface area contributed by atoms with Crippen LogP contribution in [-0.4, -0.2) is 32.7 Å². The summed E-state index contributed by atoms with van der Waals surface area (Å²) in [5, 5.41) is 6.33. The van der Waals surface area contributed by atoms with Gasteiger partial charge in [0.2, 0.25) is 5.91 Å². The van der Waals surface area contributed by atoms with Crippen LogP contribution in [0.15, 0.2) is 54.6 Å². The van der Waals surface area contributed by atoms with Crippen molar-refractivity contribution in [3.8, 4) is 11.5 Å². The van der Waals surface area contributed by atoms with Crippen LogP contribution in [0.4, 0.5) is 5.69 Å². The van der Waals surface area contributed by atoms with Gasteiger partial charge in [-0.2, -0.15) is 0 Å². The Kier molecular flexibility index (Phi) is 7.45. The van der Waals surface area contributed by atoms with Crippen LogP contribution in [0.2, 0.25) is 0 Å². The van der Waals surface area contributed by atoms with Crippen LogP contribution >= 0.6 is 12.4 Å². The second-order valence-corrected chi connectivity index (χ2v) is 6.36. The molecule has 1 heterocycles. The number of ether oxygens (including phenoxy) is 2. The Hall–Kier alpha value is -2.08. The molecule has 0 aliphatic carbocycles. The van der Waals surface area contributed by atoms with E-state index in [-0.39, 0.29) is 18.3 Å². The van der Waals surface area contributed by atoms with Gasteiger partial charge in [0.25, 0.3) is 0 Å². The number of carbonyl (C=O) groups is 1. The molecule has 0 unspecified atom stereocenters. The predicted molar refractivity (Wildman–Crippen MR) is 105 cm³/mol. The van der Waals surface area contributed by atoms with E-state index in [0.717, 1.165) is 37.4 Å². The van der Waals surface area contributed by atoms with Crippen molar-refractivity contribution in [2.24, 2.45) is 5.41 Å². The fourth-order valence-electron chi connectivity index (χ4n) is 3.14. The topological polar surface area (TPSA) is 59.6 Å². The lowest BCUT2D eigenvalue weighted by atomic mass is 9.78. The number of nitrogens with one attached hydrogen (secondary N) is 2. The second kappa shape index (κ2) is 9.57. The van der Waals surface area contributed by atoms with Gasteiger partial charge in [0.1, 0.15) is 11.5 Å². The van der Waals surface area contributed by atoms with Crippen LogP contribution in [-0.2, 0) is 9.53 Å². The molecular formula is C20H25ClN2O3. The fourth-order valence-corrected chi connectivity index (χ4v) is 3.14. The lowest BCUT2D eigenvalue weighted by Crippen LogP contribution is -2.47. The summed E-state index contributed by atoms with van der Waals surface area (Å²) in [5.41, 5.74) is 0.253. The molecule has 2 aromatic rings. The summed E-state index contributed by atoms with van der Waals surface area (Å²) in [7, 11) is 1.64. The highest BCUT2D eigenvalue weighted by atomic mass is 35.5. The molecule has 1 saturated heterocycles. The molecule has 26 heavy (non-hydrogen) atoms. The molecule has 1 aliphatic heterocycles. The molecule has 2 aromatic carbocycles. The van der Waals surface area contributed by atoms with Gasteiger partial charge in [0.15, 0.2) is 0 Å². The summed E-state index contributed by atoms with van der Waals surface area (Å²) in [6.45, 7) is 2.09. The third-order valence-corrected chi connectivity index (χ3v) is 4.53. The van der Waals surface area contributed by atoms with Gasteiger partial charge in [-0.1, -0.05) is 24.3 Å². The van der Waals surface area contributed by atoms with Gasteiger partial charge < -0.3 is 20.1 Å². The van der Waals surface area contributed by atoms with Gasteiger partial charge in [-0.25, -0.2) is 0 Å². The third kappa shape index (κ3) is 4.97. The summed E-state index contributed by atoms with van der Waals surface area (Å²) in [5.74, 6) is 1.46. The van der Waals surface area contributed by atoms with Crippen molar-refractivity contribution in [1.82, 2.24) is 5.32 Å². The zero-order valence-corrected chi connectivity index (χ0v) is 15.7. The number of methoxy groups -OCH3 is 1. The van der Waals surface area contributed by atoms with E-state index in [1.54, 1.807) is 7.11 Å². The molecule has 3 rings (SSSR count). The molecule has 0 spiro atoms. The van der Waals surface area contributed by atoms with Crippen LogP contribution in [0.5, 0.6) is 11.5 Å². The van der Waals surface area contributed by atoms with Gasteiger partial charge in [-0.15, -0.1) is 12.4 Å². The largest absolute Gasteiger partial charge is 0.457 e. The van der Waals surface area contributed by atoms with Crippen LogP contribution in [0.25, 0.3) is 0 Å². The highest BCUT2D eigenvalue weighted by Gasteiger charge is 2.39. The maximum atomic E-state index is 12.9. The highest BCUT2D eigenvalue weighted by molar-refractivity contribution is 5.95. The molecule has 1 aliphatic rings. The summed E-state index contributed by atoms with van der Waals surface area (Å²) in [6, 6.07) is 17.0. The average Bonchev–Trinajstić information content (AvgIpc) is 2.64. The molecule has 1 fully saturated rings. The number of amides is 1. The molecule has 6 heteroatoms. The molecule has 0 atom stereocenters. The van der Waals surface area contributed by atoms with Gasteiger partial charge in [0.05, 0.1) is 12.0 Å². The van der Waals surface area contributed by atoms with E-state index in [2.05, 4.69) is 10.6 Å². The Bertz CT molecular complexity index is 698. The van der Waals surface area contributed by atoms with Crippen molar-refractivity contribution < 1.29 is 14.3 Å². The normalized spacial score (nSPS) is 15.6. The lowest BCUT2D eigenvalue weighted by Gasteiger charge is -2.35. The number of carbonyl (C=O) groups excluding carboxylic acids is 1. The van der Waals surface area contributed by atoms with E-state index < -0.39 is 5.41 Å². The van der Waals surface area contributed by atoms with E-state index >= 15 is 0 Å². The van der Waals surface area contributed by atoms with Crippen molar-refractivity contribution in [2.75, 3.05) is 32.1 Å². The number of rotatable bonds is 6. The molecule has 0 radical (unpaired) electrons. The molecule has 5 nitrogen and oxygen atoms in total. The van der Waals surface area contributed by atoms with Gasteiger partial charge >= 0.3 is 0 Å². The van der Waals surface area contributed by atoms with Gasteiger partial charge in [-0.3, -0.25) is 4.79 Å². The van der Waals surface area contributed by atoms with Crippen LogP contribution < -0.4 is 15.4 Å². The number of hydrogen-bond donors (Lipinski definition) is 2. The number of hydrogen-bond acceptors (Lipinski definition) is 4. The fraction of sp³-hybridized carbons (Fsp3) is 0.350. The second-order valence-electron chi connectivity index (χ2n) is 6.36. The Morgan fingerprint density at radius 2 is 1.77 bits per heavy atom. The minimum absolute atomic E-state index is 0. The first-order valence-corrected chi connectivity index (χ1v) is 8.56. The highest BCUT2D eigenvalue weighted by Crippen LogP contribution is 2.31. The first kappa shape index (κ1) is 20.2. The van der Waals surface area contributed by atoms with Crippen molar-refractivity contribution in [2.45, 2.75) is 12.8 Å². The molecule has 1 amide bonds. The molecule has 0 bridgehead atoms. The standard InChI is InChI=1S/C20H24N2O3.ClH/c1-24-15-20(10-12-21-13-11-20)19(23)22-16-6-5-9-18(14-16)25-17-7-3-2-4-8-17;/h2-9,14,21H,10-13,15H2,1H3,(H,22,23);1H. The van der Waals surface area contributed by atoms with Crippen molar-refractivity contribution >= 4 is 24.0 Å². The summed E-state index contributed by atoms with van der Waals surface area (Å²) >= 11 is 0. The molecular weight excluding hydrogens is 352 g/mol.